The molecular weight excluding hydrogens is 342 g/mol. The Kier molecular flexibility index (Phi) is 4.01. The Morgan fingerprint density at radius 2 is 2.10 bits per heavy atom. The van der Waals surface area contributed by atoms with Crippen LogP contribution >= 0.6 is 15.9 Å². The van der Waals surface area contributed by atoms with Gasteiger partial charge in [0.15, 0.2) is 0 Å². The molecular formula is C13H14BrF4NO. The van der Waals surface area contributed by atoms with E-state index in [1.54, 1.807) is 6.08 Å². The van der Waals surface area contributed by atoms with Crippen LogP contribution in [0.3, 0.4) is 0 Å². The minimum Gasteiger partial charge on any atom is -0.347 e. The normalized spacial score (nSPS) is 35.2. The number of amides is 1. The molecule has 0 saturated carbocycles. The monoisotopic (exact) mass is 355 g/mol. The number of halogens is 5. The van der Waals surface area contributed by atoms with Gasteiger partial charge in [-0.3, -0.25) is 4.79 Å². The van der Waals surface area contributed by atoms with Crippen molar-refractivity contribution >= 4 is 21.8 Å². The molecule has 0 aromatic carbocycles. The third-order valence-electron chi connectivity index (χ3n) is 3.75. The fourth-order valence-electron chi connectivity index (χ4n) is 2.77. The van der Waals surface area contributed by atoms with Crippen molar-refractivity contribution in [3.8, 4) is 0 Å². The van der Waals surface area contributed by atoms with Gasteiger partial charge in [0.2, 0.25) is 5.91 Å². The average Bonchev–Trinajstić information content (AvgIpc) is 2.30. The lowest BCUT2D eigenvalue weighted by atomic mass is 9.75. The molecule has 1 aliphatic carbocycles. The van der Waals surface area contributed by atoms with Crippen LogP contribution in [0.1, 0.15) is 26.2 Å². The zero-order valence-corrected chi connectivity index (χ0v) is 12.3. The first kappa shape index (κ1) is 15.5. The molecule has 112 valence electrons. The van der Waals surface area contributed by atoms with Crippen molar-refractivity contribution in [1.29, 1.82) is 0 Å². The topological polar surface area (TPSA) is 29.1 Å². The molecule has 1 saturated heterocycles. The van der Waals surface area contributed by atoms with Crippen LogP contribution in [0.5, 0.6) is 0 Å². The van der Waals surface area contributed by atoms with E-state index in [-0.39, 0.29) is 18.4 Å². The fraction of sp³-hybridized carbons (Fsp3) is 0.615. The highest BCUT2D eigenvalue weighted by Gasteiger charge is 2.50. The molecule has 1 fully saturated rings. The van der Waals surface area contributed by atoms with Crippen LogP contribution in [-0.2, 0) is 4.79 Å². The Labute approximate surface area is 122 Å². The van der Waals surface area contributed by atoms with E-state index in [0.717, 1.165) is 0 Å². The van der Waals surface area contributed by atoms with Gasteiger partial charge < -0.3 is 5.32 Å². The van der Waals surface area contributed by atoms with Crippen LogP contribution in [0.25, 0.3) is 0 Å². The highest BCUT2D eigenvalue weighted by atomic mass is 79.9. The summed E-state index contributed by atoms with van der Waals surface area (Å²) in [7, 11) is 0. The van der Waals surface area contributed by atoms with E-state index in [9.17, 15) is 22.4 Å². The molecule has 20 heavy (non-hydrogen) atoms. The molecule has 3 atom stereocenters. The number of allylic oxidation sites excluding steroid dienone is 3. The molecule has 1 heterocycles. The maximum atomic E-state index is 14.0. The third kappa shape index (κ3) is 3.07. The van der Waals surface area contributed by atoms with Gasteiger partial charge in [0.1, 0.15) is 6.17 Å². The average molecular weight is 356 g/mol. The van der Waals surface area contributed by atoms with Gasteiger partial charge in [-0.2, -0.15) is 13.2 Å². The summed E-state index contributed by atoms with van der Waals surface area (Å²) in [6.45, 7) is 1.45. The van der Waals surface area contributed by atoms with Gasteiger partial charge in [0.25, 0.3) is 0 Å². The van der Waals surface area contributed by atoms with Crippen LogP contribution < -0.4 is 5.32 Å². The molecule has 1 aliphatic heterocycles. The molecule has 1 amide bonds. The van der Waals surface area contributed by atoms with E-state index in [2.05, 4.69) is 21.2 Å². The predicted octanol–water partition coefficient (Wildman–Crippen LogP) is 3.78. The SMILES string of the molecule is CC1(C2=CC(Br)=CCC2F)CC(C(F)(F)F)CC(=O)N1. The Balaban J connectivity index is 2.33. The summed E-state index contributed by atoms with van der Waals surface area (Å²) in [6, 6.07) is 0. The van der Waals surface area contributed by atoms with Crippen molar-refractivity contribution in [2.45, 2.75) is 44.1 Å². The highest BCUT2D eigenvalue weighted by Crippen LogP contribution is 2.43. The van der Waals surface area contributed by atoms with Crippen molar-refractivity contribution in [2.75, 3.05) is 0 Å². The zero-order valence-electron chi connectivity index (χ0n) is 10.7. The second kappa shape index (κ2) is 5.16. The Morgan fingerprint density at radius 1 is 1.45 bits per heavy atom. The summed E-state index contributed by atoms with van der Waals surface area (Å²) < 4.78 is 53.3. The van der Waals surface area contributed by atoms with Crippen LogP contribution in [0.2, 0.25) is 0 Å². The summed E-state index contributed by atoms with van der Waals surface area (Å²) in [5.41, 5.74) is -1.11. The van der Waals surface area contributed by atoms with Gasteiger partial charge in [-0.15, -0.1) is 0 Å². The standard InChI is InChI=1S/C13H14BrF4NO/c1-12(9-5-8(14)2-3-10(9)15)6-7(13(16,17)18)4-11(20)19-12/h2,5,7,10H,3-4,6H2,1H3,(H,19,20). The first-order chi connectivity index (χ1) is 9.12. The lowest BCUT2D eigenvalue weighted by Crippen LogP contribution is -2.56. The first-order valence-electron chi connectivity index (χ1n) is 6.21. The number of rotatable bonds is 1. The number of nitrogens with one attached hydrogen (secondary N) is 1. The largest absolute Gasteiger partial charge is 0.392 e. The van der Waals surface area contributed by atoms with Crippen LogP contribution in [0, 0.1) is 5.92 Å². The number of hydrogen-bond donors (Lipinski definition) is 1. The quantitative estimate of drug-likeness (QED) is 0.712. The van der Waals surface area contributed by atoms with Gasteiger partial charge in [0, 0.05) is 17.3 Å². The van der Waals surface area contributed by atoms with Gasteiger partial charge in [-0.05, 0) is 25.0 Å². The molecule has 2 nitrogen and oxygen atoms in total. The van der Waals surface area contributed by atoms with Crippen LogP contribution in [0.4, 0.5) is 17.6 Å². The van der Waals surface area contributed by atoms with Gasteiger partial charge >= 0.3 is 6.18 Å². The summed E-state index contributed by atoms with van der Waals surface area (Å²) in [5.74, 6) is -2.43. The minimum absolute atomic E-state index is 0.0918. The Bertz CT molecular complexity index is 485. The number of carbonyl (C=O) groups excluding carboxylic acids is 1. The molecule has 0 radical (unpaired) electrons. The summed E-state index contributed by atoms with van der Waals surface area (Å²) >= 11 is 3.20. The maximum Gasteiger partial charge on any atom is 0.392 e. The molecule has 0 aromatic rings. The molecule has 0 aromatic heterocycles. The Hall–Kier alpha value is -0.850. The molecule has 2 aliphatic rings. The lowest BCUT2D eigenvalue weighted by Gasteiger charge is -2.42. The second-order valence-electron chi connectivity index (χ2n) is 5.42. The maximum absolute atomic E-state index is 14.0. The van der Waals surface area contributed by atoms with Crippen LogP contribution in [-0.4, -0.2) is 23.8 Å². The number of carbonyl (C=O) groups is 1. The highest BCUT2D eigenvalue weighted by molar-refractivity contribution is 9.11. The molecule has 3 unspecified atom stereocenters. The van der Waals surface area contributed by atoms with E-state index in [4.69, 9.17) is 0 Å². The molecule has 2 rings (SSSR count). The van der Waals surface area contributed by atoms with E-state index in [1.807, 2.05) is 0 Å². The van der Waals surface area contributed by atoms with Gasteiger partial charge in [-0.25, -0.2) is 4.39 Å². The Morgan fingerprint density at radius 3 is 2.70 bits per heavy atom. The van der Waals surface area contributed by atoms with E-state index in [1.165, 1.54) is 13.0 Å². The number of piperidine rings is 1. The second-order valence-corrected chi connectivity index (χ2v) is 6.33. The van der Waals surface area contributed by atoms with E-state index < -0.39 is 36.1 Å². The smallest absolute Gasteiger partial charge is 0.347 e. The first-order valence-corrected chi connectivity index (χ1v) is 7.00. The van der Waals surface area contributed by atoms with Crippen LogP contribution in [0.15, 0.2) is 22.2 Å². The molecule has 1 N–H and O–H groups in total. The van der Waals surface area contributed by atoms with Crippen molar-refractivity contribution < 1.29 is 22.4 Å². The van der Waals surface area contributed by atoms with E-state index in [0.29, 0.717) is 4.48 Å². The van der Waals surface area contributed by atoms with Gasteiger partial charge in [0.05, 0.1) is 11.5 Å². The number of hydrogen-bond acceptors (Lipinski definition) is 1. The summed E-state index contributed by atoms with van der Waals surface area (Å²) in [6.07, 6.45) is -3.60. The van der Waals surface area contributed by atoms with Gasteiger partial charge in [-0.1, -0.05) is 22.0 Å². The molecule has 0 bridgehead atoms. The number of alkyl halides is 4. The summed E-state index contributed by atoms with van der Waals surface area (Å²) in [5, 5.41) is 2.52. The fourth-order valence-corrected chi connectivity index (χ4v) is 3.20. The predicted molar refractivity (Wildman–Crippen MR) is 69.9 cm³/mol. The minimum atomic E-state index is -4.45. The molecule has 7 heteroatoms. The molecule has 0 spiro atoms. The van der Waals surface area contributed by atoms with E-state index >= 15 is 0 Å². The van der Waals surface area contributed by atoms with Crippen molar-refractivity contribution in [2.24, 2.45) is 5.92 Å². The van der Waals surface area contributed by atoms with Crippen molar-refractivity contribution in [3.05, 3.63) is 22.2 Å². The zero-order chi connectivity index (χ0) is 15.1. The third-order valence-corrected chi connectivity index (χ3v) is 4.31. The van der Waals surface area contributed by atoms with Crippen molar-refractivity contribution in [1.82, 2.24) is 5.32 Å². The summed E-state index contributed by atoms with van der Waals surface area (Å²) in [4.78, 5) is 11.6. The van der Waals surface area contributed by atoms with Crippen molar-refractivity contribution in [3.63, 3.8) is 0 Å². The lowest BCUT2D eigenvalue weighted by molar-refractivity contribution is -0.189.